The first-order valence-corrected chi connectivity index (χ1v) is 10.5. The van der Waals surface area contributed by atoms with E-state index in [0.29, 0.717) is 29.7 Å². The lowest BCUT2D eigenvalue weighted by molar-refractivity contribution is 0.380. The molecule has 0 fully saturated rings. The van der Waals surface area contributed by atoms with Crippen LogP contribution in [0.2, 0.25) is 5.02 Å². The Morgan fingerprint density at radius 3 is 3.03 bits per heavy atom. The molecule has 31 heavy (non-hydrogen) atoms. The molecule has 0 radical (unpaired) electrons. The molecule has 11 heteroatoms. The van der Waals surface area contributed by atoms with Gasteiger partial charge in [0.25, 0.3) is 0 Å². The van der Waals surface area contributed by atoms with Crippen molar-refractivity contribution >= 4 is 41.5 Å². The third-order valence-corrected chi connectivity index (χ3v) is 5.02. The van der Waals surface area contributed by atoms with Gasteiger partial charge in [0.05, 0.1) is 12.6 Å². The molecular weight excluding hydrogens is 531 g/mol. The highest BCUT2D eigenvalue weighted by Gasteiger charge is 2.24. The fourth-order valence-electron chi connectivity index (χ4n) is 3.45. The van der Waals surface area contributed by atoms with Gasteiger partial charge in [-0.2, -0.15) is 10.1 Å². The first-order chi connectivity index (χ1) is 14.6. The Balaban J connectivity index is 0.00000272. The predicted molar refractivity (Wildman–Crippen MR) is 130 cm³/mol. The fourth-order valence-corrected chi connectivity index (χ4v) is 3.65. The van der Waals surface area contributed by atoms with Crippen LogP contribution in [0.4, 0.5) is 0 Å². The molecule has 0 amide bonds. The number of nitrogens with one attached hydrogen (secondary N) is 2. The Labute approximate surface area is 203 Å². The van der Waals surface area contributed by atoms with Gasteiger partial charge in [0.2, 0.25) is 11.7 Å². The number of rotatable bonds is 6. The second-order valence-corrected chi connectivity index (χ2v) is 7.55. The summed E-state index contributed by atoms with van der Waals surface area (Å²) in [6.07, 6.45) is 2.60. The molecule has 1 aliphatic heterocycles. The second kappa shape index (κ2) is 10.9. The van der Waals surface area contributed by atoms with Crippen LogP contribution in [0.3, 0.4) is 0 Å². The van der Waals surface area contributed by atoms with Gasteiger partial charge >= 0.3 is 0 Å². The van der Waals surface area contributed by atoms with Gasteiger partial charge in [0, 0.05) is 30.1 Å². The van der Waals surface area contributed by atoms with Crippen LogP contribution in [0.25, 0.3) is 11.4 Å². The average molecular weight is 557 g/mol. The van der Waals surface area contributed by atoms with Crippen molar-refractivity contribution in [1.82, 2.24) is 35.5 Å². The molecule has 0 bridgehead atoms. The van der Waals surface area contributed by atoms with E-state index in [1.54, 1.807) is 0 Å². The van der Waals surface area contributed by atoms with Gasteiger partial charge in [-0.15, -0.1) is 24.0 Å². The van der Waals surface area contributed by atoms with Crippen LogP contribution < -0.4 is 10.6 Å². The molecule has 166 valence electrons. The van der Waals surface area contributed by atoms with Crippen molar-refractivity contribution in [1.29, 1.82) is 0 Å². The number of guanidine groups is 1. The Morgan fingerprint density at radius 1 is 1.35 bits per heavy atom. The van der Waals surface area contributed by atoms with E-state index in [4.69, 9.17) is 16.1 Å². The predicted octanol–water partition coefficient (Wildman–Crippen LogP) is 3.54. The van der Waals surface area contributed by atoms with Crippen molar-refractivity contribution in [3.8, 4) is 11.4 Å². The van der Waals surface area contributed by atoms with E-state index in [9.17, 15) is 0 Å². The van der Waals surface area contributed by atoms with Crippen LogP contribution >= 0.6 is 35.6 Å². The number of aromatic nitrogens is 5. The number of aliphatic imine (C=N–C) groups is 1. The maximum atomic E-state index is 6.03. The summed E-state index contributed by atoms with van der Waals surface area (Å²) in [4.78, 5) is 13.7. The Kier molecular flexibility index (Phi) is 8.24. The number of halogens is 2. The summed E-state index contributed by atoms with van der Waals surface area (Å²) in [7, 11) is 0. The van der Waals surface area contributed by atoms with Crippen molar-refractivity contribution in [3.63, 3.8) is 0 Å². The third kappa shape index (κ3) is 5.94. The van der Waals surface area contributed by atoms with Crippen molar-refractivity contribution in [2.45, 2.75) is 45.7 Å². The molecule has 3 aromatic rings. The van der Waals surface area contributed by atoms with Crippen molar-refractivity contribution in [2.24, 2.45) is 4.99 Å². The number of hydrogen-bond donors (Lipinski definition) is 2. The highest BCUT2D eigenvalue weighted by atomic mass is 127. The molecular formula is C20H26ClIN8O. The summed E-state index contributed by atoms with van der Waals surface area (Å²) >= 11 is 6.03. The summed E-state index contributed by atoms with van der Waals surface area (Å²) in [6.45, 7) is 6.16. The summed E-state index contributed by atoms with van der Waals surface area (Å²) in [6, 6.07) is 7.48. The zero-order valence-electron chi connectivity index (χ0n) is 17.5. The number of nitrogens with zero attached hydrogens (tertiary/aromatic N) is 6. The van der Waals surface area contributed by atoms with E-state index in [1.807, 2.05) is 42.8 Å². The number of benzene rings is 1. The third-order valence-electron chi connectivity index (χ3n) is 4.78. The lowest BCUT2D eigenvalue weighted by Crippen LogP contribution is -2.41. The van der Waals surface area contributed by atoms with Gasteiger partial charge in [0.1, 0.15) is 11.6 Å². The quantitative estimate of drug-likeness (QED) is 0.272. The zero-order chi connectivity index (χ0) is 20.9. The first kappa shape index (κ1) is 23.5. The van der Waals surface area contributed by atoms with Gasteiger partial charge in [-0.3, -0.25) is 4.99 Å². The molecule has 1 aromatic carbocycles. The lowest BCUT2D eigenvalue weighted by atomic mass is 10.1. The van der Waals surface area contributed by atoms with Crippen LogP contribution in [-0.4, -0.2) is 44.0 Å². The molecule has 0 spiro atoms. The van der Waals surface area contributed by atoms with Crippen LogP contribution in [-0.2, 0) is 13.0 Å². The molecule has 2 N–H and O–H groups in total. The molecule has 0 saturated heterocycles. The lowest BCUT2D eigenvalue weighted by Gasteiger charge is -2.24. The van der Waals surface area contributed by atoms with E-state index in [1.165, 1.54) is 0 Å². The molecule has 0 saturated carbocycles. The highest BCUT2D eigenvalue weighted by molar-refractivity contribution is 14.0. The minimum atomic E-state index is 0. The average Bonchev–Trinajstić information content (AvgIpc) is 3.34. The van der Waals surface area contributed by atoms with Crippen LogP contribution in [0.1, 0.15) is 43.3 Å². The topological polar surface area (TPSA) is 106 Å². The molecule has 1 atom stereocenters. The Bertz CT molecular complexity index is 1030. The van der Waals surface area contributed by atoms with Gasteiger partial charge < -0.3 is 15.2 Å². The Hall–Kier alpha value is -2.21. The molecule has 4 rings (SSSR count). The number of aryl methyl sites for hydroxylation is 2. The van der Waals surface area contributed by atoms with Crippen LogP contribution in [0.15, 0.2) is 33.8 Å². The van der Waals surface area contributed by atoms with Crippen molar-refractivity contribution in [2.75, 3.05) is 13.1 Å². The SMILES string of the molecule is CCNC(=NCCc1nc(-c2cccc(Cl)c2)no1)NC1CCCn2nc(C)nc21.I. The van der Waals surface area contributed by atoms with Gasteiger partial charge in [-0.25, -0.2) is 9.67 Å². The number of fused-ring (bicyclic) bond motifs is 1. The zero-order valence-corrected chi connectivity index (χ0v) is 20.6. The van der Waals surface area contributed by atoms with E-state index in [2.05, 4.69) is 35.8 Å². The van der Waals surface area contributed by atoms with Crippen molar-refractivity contribution < 1.29 is 4.52 Å². The summed E-state index contributed by atoms with van der Waals surface area (Å²) in [5, 5.41) is 15.9. The fraction of sp³-hybridized carbons (Fsp3) is 0.450. The highest BCUT2D eigenvalue weighted by Crippen LogP contribution is 2.23. The van der Waals surface area contributed by atoms with Gasteiger partial charge in [-0.05, 0) is 38.8 Å². The summed E-state index contributed by atoms with van der Waals surface area (Å²) in [5.41, 5.74) is 0.827. The van der Waals surface area contributed by atoms with E-state index >= 15 is 0 Å². The van der Waals surface area contributed by atoms with E-state index in [0.717, 1.165) is 49.1 Å². The largest absolute Gasteiger partial charge is 0.357 e. The van der Waals surface area contributed by atoms with Crippen LogP contribution in [0, 0.1) is 6.92 Å². The first-order valence-electron chi connectivity index (χ1n) is 10.2. The minimum absolute atomic E-state index is 0. The smallest absolute Gasteiger partial charge is 0.228 e. The second-order valence-electron chi connectivity index (χ2n) is 7.11. The monoisotopic (exact) mass is 556 g/mol. The minimum Gasteiger partial charge on any atom is -0.357 e. The number of hydrogen-bond acceptors (Lipinski definition) is 6. The normalized spacial score (nSPS) is 15.8. The molecule has 1 unspecified atom stereocenters. The molecule has 1 aliphatic rings. The Morgan fingerprint density at radius 2 is 2.23 bits per heavy atom. The molecule has 2 aromatic heterocycles. The molecule has 9 nitrogen and oxygen atoms in total. The van der Waals surface area contributed by atoms with E-state index < -0.39 is 0 Å². The molecule has 0 aliphatic carbocycles. The van der Waals surface area contributed by atoms with Crippen molar-refractivity contribution in [3.05, 3.63) is 46.8 Å². The van der Waals surface area contributed by atoms with Gasteiger partial charge in [-0.1, -0.05) is 28.9 Å². The maximum absolute atomic E-state index is 6.03. The summed E-state index contributed by atoms with van der Waals surface area (Å²) in [5.74, 6) is 3.57. The maximum Gasteiger partial charge on any atom is 0.228 e. The van der Waals surface area contributed by atoms with Gasteiger partial charge in [0.15, 0.2) is 5.96 Å². The summed E-state index contributed by atoms with van der Waals surface area (Å²) < 4.78 is 7.35. The van der Waals surface area contributed by atoms with E-state index in [-0.39, 0.29) is 30.0 Å². The molecule has 3 heterocycles. The standard InChI is InChI=1S/C20H25ClN8O.HI/c1-3-22-20(25-16-8-5-11-29-19(16)24-13(2)27-29)23-10-9-17-26-18(28-30-17)14-6-4-7-15(21)12-14;/h4,6-7,12,16H,3,5,8-11H2,1-2H3,(H2,22,23,25);1H. The van der Waals surface area contributed by atoms with Crippen LogP contribution in [0.5, 0.6) is 0 Å².